The Hall–Kier alpha value is -2.17. The zero-order chi connectivity index (χ0) is 22.1. The fourth-order valence-corrected chi connectivity index (χ4v) is 6.63. The molecule has 4 aliphatic rings. The number of hydrogen-bond donors (Lipinski definition) is 2. The number of hydrogen-bond acceptors (Lipinski definition) is 3. The van der Waals surface area contributed by atoms with Crippen LogP contribution in [0.2, 0.25) is 0 Å². The van der Waals surface area contributed by atoms with Gasteiger partial charge >= 0.3 is 0 Å². The molecule has 4 nitrogen and oxygen atoms in total. The molecule has 2 N–H and O–H groups in total. The van der Waals surface area contributed by atoms with Gasteiger partial charge in [0.15, 0.2) is 0 Å². The molecule has 1 aliphatic carbocycles. The summed E-state index contributed by atoms with van der Waals surface area (Å²) in [6, 6.07) is 21.5. The van der Waals surface area contributed by atoms with Crippen molar-refractivity contribution in [3.63, 3.8) is 0 Å². The van der Waals surface area contributed by atoms with E-state index in [0.29, 0.717) is 36.3 Å². The van der Waals surface area contributed by atoms with E-state index in [9.17, 15) is 4.79 Å². The Morgan fingerprint density at radius 2 is 1.78 bits per heavy atom. The first-order chi connectivity index (χ1) is 15.6. The van der Waals surface area contributed by atoms with Gasteiger partial charge in [-0.1, -0.05) is 74.5 Å². The molecule has 4 heteroatoms. The second-order valence-corrected chi connectivity index (χ2v) is 10.6. The first kappa shape index (κ1) is 21.7. The van der Waals surface area contributed by atoms with E-state index in [1.165, 1.54) is 12.0 Å². The van der Waals surface area contributed by atoms with Gasteiger partial charge in [-0.05, 0) is 54.7 Å². The van der Waals surface area contributed by atoms with Gasteiger partial charge in [-0.25, -0.2) is 0 Å². The van der Waals surface area contributed by atoms with Gasteiger partial charge in [0.25, 0.3) is 0 Å². The molecule has 32 heavy (non-hydrogen) atoms. The standard InChI is InChI=1S/C28H37N3O/c1-20(2)13-14-31-19-23-16-28(27(32)29-17-22-11-7-4-8-12-22)25(26(31)24(23)18-30-28)15-21-9-5-3-6-10-21/h3-12,20,23-26,30H,13-19H2,1-2H3,(H,29,32)/t23-,24-,25+,26-,28+/m1/s1. The zero-order valence-corrected chi connectivity index (χ0v) is 19.5. The maximum Gasteiger partial charge on any atom is 0.240 e. The van der Waals surface area contributed by atoms with Gasteiger partial charge in [0.1, 0.15) is 5.54 Å². The van der Waals surface area contributed by atoms with Gasteiger partial charge in [0.05, 0.1) is 0 Å². The maximum atomic E-state index is 13.8. The van der Waals surface area contributed by atoms with Crippen molar-refractivity contribution in [2.24, 2.45) is 23.7 Å². The largest absolute Gasteiger partial charge is 0.350 e. The third-order valence-electron chi connectivity index (χ3n) is 8.21. The van der Waals surface area contributed by atoms with Crippen LogP contribution in [0.25, 0.3) is 0 Å². The van der Waals surface area contributed by atoms with E-state index < -0.39 is 5.54 Å². The van der Waals surface area contributed by atoms with Crippen LogP contribution < -0.4 is 10.6 Å². The molecule has 2 aromatic carbocycles. The topological polar surface area (TPSA) is 44.4 Å². The first-order valence-corrected chi connectivity index (χ1v) is 12.4. The number of nitrogens with one attached hydrogen (secondary N) is 2. The quantitative estimate of drug-likeness (QED) is 0.667. The highest BCUT2D eigenvalue weighted by molar-refractivity contribution is 5.87. The van der Waals surface area contributed by atoms with Gasteiger partial charge < -0.3 is 10.6 Å². The van der Waals surface area contributed by atoms with Crippen LogP contribution in [0.1, 0.15) is 37.8 Å². The number of benzene rings is 2. The van der Waals surface area contributed by atoms with Crippen molar-refractivity contribution >= 4 is 5.91 Å². The minimum Gasteiger partial charge on any atom is -0.350 e. The number of nitrogens with zero attached hydrogens (tertiary/aromatic N) is 1. The molecular formula is C28H37N3O. The Labute approximate surface area is 192 Å². The van der Waals surface area contributed by atoms with Crippen LogP contribution in [0.4, 0.5) is 0 Å². The number of rotatable bonds is 8. The lowest BCUT2D eigenvalue weighted by molar-refractivity contribution is -0.138. The van der Waals surface area contributed by atoms with Gasteiger partial charge in [0.2, 0.25) is 5.91 Å². The average Bonchev–Trinajstić information content (AvgIpc) is 3.12. The van der Waals surface area contributed by atoms with Gasteiger partial charge in [-0.2, -0.15) is 0 Å². The smallest absolute Gasteiger partial charge is 0.240 e. The minimum absolute atomic E-state index is 0.196. The van der Waals surface area contributed by atoms with Crippen molar-refractivity contribution < 1.29 is 4.79 Å². The van der Waals surface area contributed by atoms with Crippen LogP contribution in [-0.2, 0) is 17.8 Å². The molecule has 3 saturated heterocycles. The second kappa shape index (κ2) is 8.99. The monoisotopic (exact) mass is 431 g/mol. The van der Waals surface area contributed by atoms with Crippen molar-refractivity contribution in [1.29, 1.82) is 0 Å². The molecule has 3 aliphatic heterocycles. The summed E-state index contributed by atoms with van der Waals surface area (Å²) in [4.78, 5) is 16.6. The highest BCUT2D eigenvalue weighted by atomic mass is 16.2. The molecule has 0 unspecified atom stereocenters. The summed E-state index contributed by atoms with van der Waals surface area (Å²) >= 11 is 0. The van der Waals surface area contributed by atoms with Crippen LogP contribution >= 0.6 is 0 Å². The summed E-state index contributed by atoms with van der Waals surface area (Å²) in [7, 11) is 0. The number of carbonyl (C=O) groups is 1. The summed E-state index contributed by atoms with van der Waals surface area (Å²) < 4.78 is 0. The van der Waals surface area contributed by atoms with Crippen LogP contribution in [-0.4, -0.2) is 42.0 Å². The Balaban J connectivity index is 1.42. The number of likely N-dealkylation sites (tertiary alicyclic amines) is 1. The second-order valence-electron chi connectivity index (χ2n) is 10.6. The highest BCUT2D eigenvalue weighted by Gasteiger charge is 2.64. The molecule has 4 bridgehead atoms. The SMILES string of the molecule is CC(C)CCN1C[C@H]2C[C@]3(C(=O)NCc4ccccc4)NC[C@H]2[C@@H]1[C@@H]3Cc1ccccc1. The van der Waals surface area contributed by atoms with Crippen LogP contribution in [0.5, 0.6) is 0 Å². The van der Waals surface area contributed by atoms with Crippen LogP contribution in [0, 0.1) is 23.7 Å². The maximum absolute atomic E-state index is 13.8. The fourth-order valence-electron chi connectivity index (χ4n) is 6.63. The van der Waals surface area contributed by atoms with Crippen LogP contribution in [0.15, 0.2) is 60.7 Å². The molecule has 3 heterocycles. The molecule has 1 amide bonds. The zero-order valence-electron chi connectivity index (χ0n) is 19.5. The summed E-state index contributed by atoms with van der Waals surface area (Å²) in [5.74, 6) is 2.50. The normalized spacial score (nSPS) is 31.2. The van der Waals surface area contributed by atoms with Crippen molar-refractivity contribution in [1.82, 2.24) is 15.5 Å². The van der Waals surface area contributed by atoms with Crippen LogP contribution in [0.3, 0.4) is 0 Å². The molecule has 0 radical (unpaired) electrons. The van der Waals surface area contributed by atoms with Gasteiger partial charge in [-0.3, -0.25) is 9.69 Å². The van der Waals surface area contributed by atoms with E-state index >= 15 is 0 Å². The van der Waals surface area contributed by atoms with Gasteiger partial charge in [-0.15, -0.1) is 0 Å². The Kier molecular flexibility index (Phi) is 6.09. The lowest BCUT2D eigenvalue weighted by atomic mass is 9.58. The number of fused-ring (bicyclic) bond motifs is 1. The summed E-state index contributed by atoms with van der Waals surface area (Å²) in [6.45, 7) is 8.51. The van der Waals surface area contributed by atoms with E-state index in [1.54, 1.807) is 0 Å². The number of piperidine rings is 2. The lowest BCUT2D eigenvalue weighted by Gasteiger charge is -2.56. The predicted octanol–water partition coefficient (Wildman–Crippen LogP) is 3.87. The van der Waals surface area contributed by atoms with Crippen molar-refractivity contribution in [2.75, 3.05) is 19.6 Å². The third-order valence-corrected chi connectivity index (χ3v) is 8.21. The van der Waals surface area contributed by atoms with Crippen molar-refractivity contribution in [2.45, 2.75) is 51.2 Å². The highest BCUT2D eigenvalue weighted by Crippen LogP contribution is 2.52. The fraction of sp³-hybridized carbons (Fsp3) is 0.536. The third kappa shape index (κ3) is 3.99. The van der Waals surface area contributed by atoms with E-state index in [4.69, 9.17) is 0 Å². The molecule has 2 aromatic rings. The molecular weight excluding hydrogens is 394 g/mol. The van der Waals surface area contributed by atoms with Crippen molar-refractivity contribution in [3.8, 4) is 0 Å². The molecule has 4 fully saturated rings. The predicted molar refractivity (Wildman–Crippen MR) is 129 cm³/mol. The van der Waals surface area contributed by atoms with E-state index in [2.05, 4.69) is 71.8 Å². The number of amides is 1. The van der Waals surface area contributed by atoms with Gasteiger partial charge in [0, 0.05) is 31.6 Å². The molecule has 170 valence electrons. The molecule has 1 saturated carbocycles. The summed E-state index contributed by atoms with van der Waals surface area (Å²) in [6.07, 6.45) is 3.15. The minimum atomic E-state index is -0.471. The van der Waals surface area contributed by atoms with E-state index in [-0.39, 0.29) is 5.91 Å². The van der Waals surface area contributed by atoms with Crippen molar-refractivity contribution in [3.05, 3.63) is 71.8 Å². The molecule has 5 atom stereocenters. The molecule has 0 spiro atoms. The lowest BCUT2D eigenvalue weighted by Crippen LogP contribution is -2.74. The summed E-state index contributed by atoms with van der Waals surface area (Å²) in [5.41, 5.74) is 2.03. The number of carbonyl (C=O) groups excluding carboxylic acids is 1. The Morgan fingerprint density at radius 3 is 2.47 bits per heavy atom. The van der Waals surface area contributed by atoms with E-state index in [0.717, 1.165) is 38.0 Å². The molecule has 0 aromatic heterocycles. The summed E-state index contributed by atoms with van der Waals surface area (Å²) in [5, 5.41) is 7.10. The van der Waals surface area contributed by atoms with E-state index in [1.807, 2.05) is 18.2 Å². The average molecular weight is 432 g/mol. The first-order valence-electron chi connectivity index (χ1n) is 12.4. The Bertz CT molecular complexity index is 915. The molecule has 6 rings (SSSR count). The Morgan fingerprint density at radius 1 is 1.09 bits per heavy atom.